The Bertz CT molecular complexity index is 1210. The molecule has 0 aromatic heterocycles. The molecule has 174 valence electrons. The van der Waals surface area contributed by atoms with Gasteiger partial charge >= 0.3 is 12.1 Å². The number of fused-ring (bicyclic) bond motifs is 3. The molecule has 0 bridgehead atoms. The van der Waals surface area contributed by atoms with Crippen LogP contribution >= 0.6 is 0 Å². The van der Waals surface area contributed by atoms with Crippen molar-refractivity contribution in [2.24, 2.45) is 0 Å². The van der Waals surface area contributed by atoms with Gasteiger partial charge in [0.15, 0.2) is 0 Å². The Hall–Kier alpha value is -4.13. The number of carbonyl (C=O) groups excluding carboxylic acids is 2. The summed E-state index contributed by atoms with van der Waals surface area (Å²) in [5, 5.41) is 14.5. The van der Waals surface area contributed by atoms with E-state index in [9.17, 15) is 14.4 Å². The minimum Gasteiger partial charge on any atom is -0.478 e. The Kier molecular flexibility index (Phi) is 6.36. The van der Waals surface area contributed by atoms with Gasteiger partial charge in [-0.05, 0) is 53.8 Å². The number of carbonyl (C=O) groups is 3. The molecule has 34 heavy (non-hydrogen) atoms. The van der Waals surface area contributed by atoms with Crippen LogP contribution in [0.2, 0.25) is 0 Å². The molecule has 7 heteroatoms. The van der Waals surface area contributed by atoms with Crippen molar-refractivity contribution < 1.29 is 24.2 Å². The van der Waals surface area contributed by atoms with Crippen molar-refractivity contribution in [2.75, 3.05) is 11.9 Å². The molecule has 0 fully saturated rings. The van der Waals surface area contributed by atoms with E-state index in [0.29, 0.717) is 12.1 Å². The standard InChI is InChI=1S/C27H26N2O5/c1-3-27(2,25(32)28-18-10-8-9-17(15-18)24(30)31)29-26(33)34-16-23-21-13-6-4-11-19(21)20-12-5-7-14-22(20)23/h4-15,23H,3,16H2,1-2H3,(H,28,32)(H,29,33)(H,30,31). The first-order valence-corrected chi connectivity index (χ1v) is 11.1. The number of benzene rings is 3. The minimum absolute atomic E-state index is 0.0560. The van der Waals surface area contributed by atoms with Crippen molar-refractivity contribution in [1.29, 1.82) is 0 Å². The maximum absolute atomic E-state index is 12.9. The molecule has 0 radical (unpaired) electrons. The van der Waals surface area contributed by atoms with Crippen LogP contribution < -0.4 is 10.6 Å². The Morgan fingerprint density at radius 3 is 2.15 bits per heavy atom. The van der Waals surface area contributed by atoms with Crippen LogP contribution in [0.1, 0.15) is 47.7 Å². The molecule has 1 unspecified atom stereocenters. The second-order valence-electron chi connectivity index (χ2n) is 8.48. The molecular weight excluding hydrogens is 432 g/mol. The third-order valence-electron chi connectivity index (χ3n) is 6.30. The molecule has 0 spiro atoms. The monoisotopic (exact) mass is 458 g/mol. The van der Waals surface area contributed by atoms with Crippen molar-refractivity contribution in [2.45, 2.75) is 31.7 Å². The number of nitrogens with one attached hydrogen (secondary N) is 2. The fourth-order valence-corrected chi connectivity index (χ4v) is 4.16. The number of carboxylic acid groups (broad SMARTS) is 1. The molecule has 0 saturated heterocycles. The van der Waals surface area contributed by atoms with Crippen LogP contribution in [0.5, 0.6) is 0 Å². The number of carboxylic acids is 1. The van der Waals surface area contributed by atoms with Gasteiger partial charge in [0.1, 0.15) is 12.1 Å². The van der Waals surface area contributed by atoms with Crippen LogP contribution in [0, 0.1) is 0 Å². The lowest BCUT2D eigenvalue weighted by atomic mass is 9.97. The first-order valence-electron chi connectivity index (χ1n) is 11.1. The molecule has 7 nitrogen and oxygen atoms in total. The van der Waals surface area contributed by atoms with E-state index in [4.69, 9.17) is 9.84 Å². The van der Waals surface area contributed by atoms with Gasteiger partial charge in [-0.1, -0.05) is 61.5 Å². The summed E-state index contributed by atoms with van der Waals surface area (Å²) in [5.74, 6) is -1.64. The van der Waals surface area contributed by atoms with Crippen molar-refractivity contribution in [3.8, 4) is 11.1 Å². The average molecular weight is 459 g/mol. The summed E-state index contributed by atoms with van der Waals surface area (Å²) in [4.78, 5) is 36.8. The molecule has 0 heterocycles. The van der Waals surface area contributed by atoms with Gasteiger partial charge in [0, 0.05) is 11.6 Å². The van der Waals surface area contributed by atoms with Crippen molar-refractivity contribution in [3.63, 3.8) is 0 Å². The maximum atomic E-state index is 12.9. The van der Waals surface area contributed by atoms with Gasteiger partial charge in [-0.25, -0.2) is 9.59 Å². The normalized spacial score (nSPS) is 13.8. The second-order valence-corrected chi connectivity index (χ2v) is 8.48. The van der Waals surface area contributed by atoms with Crippen molar-refractivity contribution in [1.82, 2.24) is 5.32 Å². The highest BCUT2D eigenvalue weighted by Gasteiger charge is 2.35. The fraction of sp³-hybridized carbons (Fsp3) is 0.222. The van der Waals surface area contributed by atoms with E-state index in [1.54, 1.807) is 26.0 Å². The highest BCUT2D eigenvalue weighted by atomic mass is 16.5. The largest absolute Gasteiger partial charge is 0.478 e. The molecule has 3 aromatic rings. The lowest BCUT2D eigenvalue weighted by molar-refractivity contribution is -0.121. The zero-order chi connectivity index (χ0) is 24.3. The number of hydrogen-bond donors (Lipinski definition) is 3. The lowest BCUT2D eigenvalue weighted by Gasteiger charge is -2.28. The predicted molar refractivity (Wildman–Crippen MR) is 129 cm³/mol. The van der Waals surface area contributed by atoms with Crippen molar-refractivity contribution >= 4 is 23.7 Å². The zero-order valence-electron chi connectivity index (χ0n) is 19.0. The van der Waals surface area contributed by atoms with E-state index in [1.807, 2.05) is 36.4 Å². The van der Waals surface area contributed by atoms with E-state index in [0.717, 1.165) is 22.3 Å². The fourth-order valence-electron chi connectivity index (χ4n) is 4.16. The Labute approximate surface area is 197 Å². The van der Waals surface area contributed by atoms with E-state index >= 15 is 0 Å². The average Bonchev–Trinajstić information content (AvgIpc) is 3.16. The molecule has 0 saturated carbocycles. The van der Waals surface area contributed by atoms with Crippen LogP contribution in [-0.2, 0) is 9.53 Å². The first kappa shape index (κ1) is 23.0. The van der Waals surface area contributed by atoms with Gasteiger partial charge in [0.2, 0.25) is 5.91 Å². The number of hydrogen-bond acceptors (Lipinski definition) is 4. The number of aromatic carboxylic acids is 1. The molecule has 1 aliphatic rings. The topological polar surface area (TPSA) is 105 Å². The molecule has 0 aliphatic heterocycles. The van der Waals surface area contributed by atoms with Crippen LogP contribution in [0.15, 0.2) is 72.8 Å². The predicted octanol–water partition coefficient (Wildman–Crippen LogP) is 5.03. The van der Waals surface area contributed by atoms with Crippen molar-refractivity contribution in [3.05, 3.63) is 89.5 Å². The maximum Gasteiger partial charge on any atom is 0.408 e. The van der Waals surface area contributed by atoms with Crippen LogP contribution in [0.4, 0.5) is 10.5 Å². The number of rotatable bonds is 7. The lowest BCUT2D eigenvalue weighted by Crippen LogP contribution is -2.54. The van der Waals surface area contributed by atoms with Gasteiger partial charge in [0.25, 0.3) is 0 Å². The number of ether oxygens (including phenoxy) is 1. The quantitative estimate of drug-likeness (QED) is 0.461. The van der Waals surface area contributed by atoms with E-state index in [1.165, 1.54) is 12.1 Å². The summed E-state index contributed by atoms with van der Waals surface area (Å²) < 4.78 is 5.58. The van der Waals surface area contributed by atoms with Gasteiger partial charge in [-0.2, -0.15) is 0 Å². The Morgan fingerprint density at radius 1 is 0.941 bits per heavy atom. The van der Waals surface area contributed by atoms with Gasteiger partial charge in [-0.3, -0.25) is 4.79 Å². The number of anilines is 1. The molecular formula is C27H26N2O5. The van der Waals surface area contributed by atoms with E-state index in [-0.39, 0.29) is 18.1 Å². The van der Waals surface area contributed by atoms with Crippen LogP contribution in [-0.4, -0.2) is 35.2 Å². The van der Waals surface area contributed by atoms with Gasteiger partial charge in [0.05, 0.1) is 5.56 Å². The SMILES string of the molecule is CCC(C)(NC(=O)OCC1c2ccccc2-c2ccccc21)C(=O)Nc1cccc(C(=O)O)c1. The summed E-state index contributed by atoms with van der Waals surface area (Å²) in [6.45, 7) is 3.52. The number of alkyl carbamates (subject to hydrolysis) is 1. The second kappa shape index (κ2) is 9.39. The summed E-state index contributed by atoms with van der Waals surface area (Å²) in [6, 6.07) is 22.0. The molecule has 2 amide bonds. The smallest absolute Gasteiger partial charge is 0.408 e. The Balaban J connectivity index is 1.43. The molecule has 1 aliphatic carbocycles. The molecule has 1 atom stereocenters. The first-order chi connectivity index (χ1) is 16.3. The summed E-state index contributed by atoms with van der Waals surface area (Å²) in [6.07, 6.45) is -0.387. The summed E-state index contributed by atoms with van der Waals surface area (Å²) in [7, 11) is 0. The summed E-state index contributed by atoms with van der Waals surface area (Å²) in [5.41, 5.74) is 3.61. The number of amides is 2. The van der Waals surface area contributed by atoms with E-state index < -0.39 is 23.5 Å². The van der Waals surface area contributed by atoms with Crippen LogP contribution in [0.25, 0.3) is 11.1 Å². The van der Waals surface area contributed by atoms with E-state index in [2.05, 4.69) is 22.8 Å². The summed E-state index contributed by atoms with van der Waals surface area (Å²) >= 11 is 0. The van der Waals surface area contributed by atoms with Gasteiger partial charge < -0.3 is 20.5 Å². The molecule has 4 rings (SSSR count). The molecule has 3 aromatic carbocycles. The third-order valence-corrected chi connectivity index (χ3v) is 6.30. The third kappa shape index (κ3) is 4.50. The van der Waals surface area contributed by atoms with Gasteiger partial charge in [-0.15, -0.1) is 0 Å². The van der Waals surface area contributed by atoms with Crippen LogP contribution in [0.3, 0.4) is 0 Å². The highest BCUT2D eigenvalue weighted by Crippen LogP contribution is 2.44. The zero-order valence-corrected chi connectivity index (χ0v) is 19.0. The highest BCUT2D eigenvalue weighted by molar-refractivity contribution is 6.00. The minimum atomic E-state index is -1.25. The molecule has 3 N–H and O–H groups in total. The Morgan fingerprint density at radius 2 is 1.56 bits per heavy atom.